The molecule has 1 heterocycles. The van der Waals surface area contributed by atoms with E-state index in [-0.39, 0.29) is 0 Å². The van der Waals surface area contributed by atoms with Gasteiger partial charge in [-0.1, -0.05) is 6.42 Å². The van der Waals surface area contributed by atoms with Crippen molar-refractivity contribution in [3.05, 3.63) is 29.6 Å². The summed E-state index contributed by atoms with van der Waals surface area (Å²) >= 11 is 0. The van der Waals surface area contributed by atoms with Gasteiger partial charge in [-0.25, -0.2) is 0 Å². The van der Waals surface area contributed by atoms with Gasteiger partial charge in [0.1, 0.15) is 0 Å². The summed E-state index contributed by atoms with van der Waals surface area (Å²) in [5.41, 5.74) is 1.78. The van der Waals surface area contributed by atoms with Crippen LogP contribution in [0.3, 0.4) is 0 Å². The van der Waals surface area contributed by atoms with Crippen molar-refractivity contribution in [1.29, 1.82) is 0 Å². The molecule has 0 aromatic carbocycles. The van der Waals surface area contributed by atoms with Crippen molar-refractivity contribution >= 4 is 5.78 Å². The SMILES string of the molecule is Cc1cc(C(=O)CC2CC3CCC2C3)ccn1. The highest BCUT2D eigenvalue weighted by atomic mass is 16.1. The van der Waals surface area contributed by atoms with Crippen molar-refractivity contribution in [2.75, 3.05) is 0 Å². The van der Waals surface area contributed by atoms with Crippen LogP contribution in [-0.2, 0) is 0 Å². The molecule has 2 bridgehead atoms. The van der Waals surface area contributed by atoms with Gasteiger partial charge in [0.2, 0.25) is 0 Å². The minimum atomic E-state index is 0.313. The summed E-state index contributed by atoms with van der Waals surface area (Å²) < 4.78 is 0. The molecule has 2 fully saturated rings. The van der Waals surface area contributed by atoms with Crippen LogP contribution in [0.4, 0.5) is 0 Å². The Morgan fingerprint density at radius 3 is 2.94 bits per heavy atom. The van der Waals surface area contributed by atoms with Gasteiger partial charge in [0.15, 0.2) is 5.78 Å². The van der Waals surface area contributed by atoms with Gasteiger partial charge in [0.25, 0.3) is 0 Å². The van der Waals surface area contributed by atoms with Crippen LogP contribution in [0, 0.1) is 24.7 Å². The highest BCUT2D eigenvalue weighted by Crippen LogP contribution is 2.49. The second kappa shape index (κ2) is 4.25. The maximum atomic E-state index is 12.2. The van der Waals surface area contributed by atoms with Gasteiger partial charge in [-0.3, -0.25) is 9.78 Å². The number of pyridine rings is 1. The van der Waals surface area contributed by atoms with E-state index in [0.29, 0.717) is 11.7 Å². The van der Waals surface area contributed by atoms with E-state index in [2.05, 4.69) is 4.98 Å². The lowest BCUT2D eigenvalue weighted by atomic mass is 9.84. The van der Waals surface area contributed by atoms with Gasteiger partial charge in [0, 0.05) is 23.9 Å². The van der Waals surface area contributed by atoms with Crippen LogP contribution in [-0.4, -0.2) is 10.8 Å². The summed E-state index contributed by atoms with van der Waals surface area (Å²) in [6, 6.07) is 3.76. The first-order valence-electron chi connectivity index (χ1n) is 6.68. The number of hydrogen-bond acceptors (Lipinski definition) is 2. The Bertz CT molecular complexity index is 440. The molecule has 2 heteroatoms. The van der Waals surface area contributed by atoms with Crippen LogP contribution in [0.5, 0.6) is 0 Å². The minimum Gasteiger partial charge on any atom is -0.294 e. The van der Waals surface area contributed by atoms with Gasteiger partial charge < -0.3 is 0 Å². The summed E-state index contributed by atoms with van der Waals surface area (Å²) in [6.45, 7) is 1.94. The van der Waals surface area contributed by atoms with Crippen LogP contribution in [0.1, 0.15) is 48.2 Å². The highest BCUT2D eigenvalue weighted by molar-refractivity contribution is 5.96. The molecule has 2 nitrogen and oxygen atoms in total. The number of Topliss-reactive ketones (excluding diaryl/α,β-unsaturated/α-hetero) is 1. The van der Waals surface area contributed by atoms with E-state index in [9.17, 15) is 4.79 Å². The number of hydrogen-bond donors (Lipinski definition) is 0. The average molecular weight is 229 g/mol. The predicted octanol–water partition coefficient (Wildman–Crippen LogP) is 3.40. The fourth-order valence-corrected chi connectivity index (χ4v) is 3.70. The number of nitrogens with zero attached hydrogens (tertiary/aromatic N) is 1. The molecular weight excluding hydrogens is 210 g/mol. The first-order chi connectivity index (χ1) is 8.22. The van der Waals surface area contributed by atoms with E-state index in [0.717, 1.165) is 29.5 Å². The zero-order chi connectivity index (χ0) is 11.8. The summed E-state index contributed by atoms with van der Waals surface area (Å²) in [5.74, 6) is 2.74. The topological polar surface area (TPSA) is 30.0 Å². The molecule has 0 aliphatic heterocycles. The number of ketones is 1. The Morgan fingerprint density at radius 2 is 2.29 bits per heavy atom. The normalized spacial score (nSPS) is 30.8. The molecular formula is C15H19NO. The maximum absolute atomic E-state index is 12.2. The van der Waals surface area contributed by atoms with E-state index in [1.165, 1.54) is 25.7 Å². The number of carbonyl (C=O) groups is 1. The maximum Gasteiger partial charge on any atom is 0.163 e. The lowest BCUT2D eigenvalue weighted by molar-refractivity contribution is 0.0944. The zero-order valence-electron chi connectivity index (χ0n) is 10.4. The van der Waals surface area contributed by atoms with E-state index in [1.54, 1.807) is 6.20 Å². The summed E-state index contributed by atoms with van der Waals surface area (Å²) in [5, 5.41) is 0. The molecule has 0 spiro atoms. The number of aryl methyl sites for hydroxylation is 1. The van der Waals surface area contributed by atoms with E-state index < -0.39 is 0 Å². The van der Waals surface area contributed by atoms with Crippen molar-refractivity contribution in [3.63, 3.8) is 0 Å². The van der Waals surface area contributed by atoms with Crippen molar-refractivity contribution in [2.45, 2.75) is 39.0 Å². The second-order valence-corrected chi connectivity index (χ2v) is 5.75. The van der Waals surface area contributed by atoms with Crippen LogP contribution >= 0.6 is 0 Å². The van der Waals surface area contributed by atoms with Crippen molar-refractivity contribution in [3.8, 4) is 0 Å². The molecule has 2 aliphatic rings. The van der Waals surface area contributed by atoms with Gasteiger partial charge in [-0.15, -0.1) is 0 Å². The summed E-state index contributed by atoms with van der Waals surface area (Å²) in [4.78, 5) is 16.3. The van der Waals surface area contributed by atoms with Gasteiger partial charge in [-0.2, -0.15) is 0 Å². The quantitative estimate of drug-likeness (QED) is 0.743. The second-order valence-electron chi connectivity index (χ2n) is 5.75. The van der Waals surface area contributed by atoms with E-state index in [4.69, 9.17) is 0 Å². The van der Waals surface area contributed by atoms with Crippen LogP contribution in [0.25, 0.3) is 0 Å². The number of fused-ring (bicyclic) bond motifs is 2. The number of rotatable bonds is 3. The molecule has 0 radical (unpaired) electrons. The van der Waals surface area contributed by atoms with Crippen molar-refractivity contribution in [1.82, 2.24) is 4.98 Å². The molecule has 1 aromatic rings. The van der Waals surface area contributed by atoms with Gasteiger partial charge in [0.05, 0.1) is 0 Å². The smallest absolute Gasteiger partial charge is 0.163 e. The Kier molecular flexibility index (Phi) is 2.73. The Hall–Kier alpha value is -1.18. The monoisotopic (exact) mass is 229 g/mol. The van der Waals surface area contributed by atoms with Gasteiger partial charge in [-0.05, 0) is 56.1 Å². The van der Waals surface area contributed by atoms with Crippen LogP contribution in [0.2, 0.25) is 0 Å². The fraction of sp³-hybridized carbons (Fsp3) is 0.600. The molecule has 0 amide bonds. The molecule has 2 aliphatic carbocycles. The third-order valence-corrected chi connectivity index (χ3v) is 4.55. The first-order valence-corrected chi connectivity index (χ1v) is 6.68. The minimum absolute atomic E-state index is 0.313. The average Bonchev–Trinajstić information content (AvgIpc) is 2.91. The molecule has 90 valence electrons. The molecule has 2 saturated carbocycles. The molecule has 0 N–H and O–H groups in total. The lowest BCUT2D eigenvalue weighted by Gasteiger charge is -2.20. The van der Waals surface area contributed by atoms with E-state index in [1.807, 2.05) is 19.1 Å². The Balaban J connectivity index is 1.68. The van der Waals surface area contributed by atoms with Crippen LogP contribution in [0.15, 0.2) is 18.3 Å². The lowest BCUT2D eigenvalue weighted by Crippen LogP contribution is -2.15. The Labute approximate surface area is 102 Å². The van der Waals surface area contributed by atoms with E-state index >= 15 is 0 Å². The zero-order valence-corrected chi connectivity index (χ0v) is 10.4. The predicted molar refractivity (Wildman–Crippen MR) is 66.9 cm³/mol. The van der Waals surface area contributed by atoms with Gasteiger partial charge >= 0.3 is 0 Å². The first kappa shape index (κ1) is 10.9. The number of carbonyl (C=O) groups excluding carboxylic acids is 1. The highest BCUT2D eigenvalue weighted by Gasteiger charge is 2.40. The standard InChI is InChI=1S/C15H19NO/c1-10-6-13(4-5-16-10)15(17)9-14-8-11-2-3-12(14)7-11/h4-6,11-12,14H,2-3,7-9H2,1H3. The van der Waals surface area contributed by atoms with Crippen molar-refractivity contribution in [2.24, 2.45) is 17.8 Å². The largest absolute Gasteiger partial charge is 0.294 e. The van der Waals surface area contributed by atoms with Crippen LogP contribution < -0.4 is 0 Å². The molecule has 3 rings (SSSR count). The Morgan fingerprint density at radius 1 is 1.41 bits per heavy atom. The third kappa shape index (κ3) is 2.13. The summed E-state index contributed by atoms with van der Waals surface area (Å²) in [6.07, 6.45) is 7.93. The summed E-state index contributed by atoms with van der Waals surface area (Å²) in [7, 11) is 0. The van der Waals surface area contributed by atoms with Crippen molar-refractivity contribution < 1.29 is 4.79 Å². The fourth-order valence-electron chi connectivity index (χ4n) is 3.70. The molecule has 3 unspecified atom stereocenters. The molecule has 3 atom stereocenters. The third-order valence-electron chi connectivity index (χ3n) is 4.55. The number of aromatic nitrogens is 1. The molecule has 0 saturated heterocycles. The molecule has 1 aromatic heterocycles. The molecule has 17 heavy (non-hydrogen) atoms.